The molecule has 1 aliphatic heterocycles. The molecule has 2 nitrogen and oxygen atoms in total. The van der Waals surface area contributed by atoms with Crippen LogP contribution >= 0.6 is 11.6 Å². The molecule has 104 valence electrons. The highest BCUT2D eigenvalue weighted by atomic mass is 35.5. The first-order chi connectivity index (χ1) is 9.72. The van der Waals surface area contributed by atoms with Crippen LogP contribution in [-0.4, -0.2) is 18.0 Å². The van der Waals surface area contributed by atoms with E-state index in [-0.39, 0.29) is 0 Å². The summed E-state index contributed by atoms with van der Waals surface area (Å²) >= 11 is 6.07. The highest BCUT2D eigenvalue weighted by molar-refractivity contribution is 6.30. The molecule has 0 aromatic heterocycles. The van der Waals surface area contributed by atoms with Crippen molar-refractivity contribution in [1.82, 2.24) is 4.90 Å². The van der Waals surface area contributed by atoms with Gasteiger partial charge in [0.2, 0.25) is 0 Å². The minimum atomic E-state index is 0.757. The highest BCUT2D eigenvalue weighted by Crippen LogP contribution is 2.22. The molecule has 3 heteroatoms. The Morgan fingerprint density at radius 2 is 1.65 bits per heavy atom. The molecule has 0 unspecified atom stereocenters. The molecule has 0 saturated heterocycles. The molecule has 0 amide bonds. The summed E-state index contributed by atoms with van der Waals surface area (Å²) in [7, 11) is 0. The fraction of sp³-hybridized carbons (Fsp3) is 0.294. The summed E-state index contributed by atoms with van der Waals surface area (Å²) < 4.78 is 0. The average molecular weight is 287 g/mol. The second kappa shape index (κ2) is 5.86. The van der Waals surface area contributed by atoms with E-state index < -0.39 is 0 Å². The first-order valence-electron chi connectivity index (χ1n) is 7.05. The van der Waals surface area contributed by atoms with Crippen LogP contribution in [-0.2, 0) is 19.4 Å². The maximum Gasteiger partial charge on any atom is 0.0410 e. The first kappa shape index (κ1) is 13.5. The molecule has 0 saturated carbocycles. The molecule has 0 radical (unpaired) electrons. The summed E-state index contributed by atoms with van der Waals surface area (Å²) in [6, 6.07) is 14.5. The zero-order chi connectivity index (χ0) is 13.9. The van der Waals surface area contributed by atoms with E-state index in [1.807, 2.05) is 18.2 Å². The van der Waals surface area contributed by atoms with Gasteiger partial charge < -0.3 is 5.73 Å². The van der Waals surface area contributed by atoms with Gasteiger partial charge in [0.15, 0.2) is 0 Å². The Labute approximate surface area is 125 Å². The number of nitrogens with two attached hydrogens (primary N) is 1. The van der Waals surface area contributed by atoms with Crippen LogP contribution in [0.25, 0.3) is 0 Å². The molecular weight excluding hydrogens is 268 g/mol. The van der Waals surface area contributed by atoms with Crippen LogP contribution in [0.1, 0.15) is 16.7 Å². The Balaban J connectivity index is 1.73. The number of nitrogen functional groups attached to an aromatic ring is 1. The van der Waals surface area contributed by atoms with Crippen molar-refractivity contribution in [2.45, 2.75) is 19.4 Å². The fourth-order valence-corrected chi connectivity index (χ4v) is 3.02. The third-order valence-electron chi connectivity index (χ3n) is 4.01. The predicted molar refractivity (Wildman–Crippen MR) is 85.0 cm³/mol. The molecule has 0 aliphatic carbocycles. The van der Waals surface area contributed by atoms with E-state index in [0.717, 1.165) is 48.7 Å². The topological polar surface area (TPSA) is 29.3 Å². The Hall–Kier alpha value is -1.51. The molecule has 0 atom stereocenters. The highest BCUT2D eigenvalue weighted by Gasteiger charge is 2.14. The van der Waals surface area contributed by atoms with E-state index in [1.165, 1.54) is 11.1 Å². The number of nitrogens with zero attached hydrogens (tertiary/aromatic N) is 1. The van der Waals surface area contributed by atoms with Gasteiger partial charge in [-0.2, -0.15) is 0 Å². The van der Waals surface area contributed by atoms with Crippen molar-refractivity contribution in [2.24, 2.45) is 0 Å². The lowest BCUT2D eigenvalue weighted by molar-refractivity contribution is 0.280. The van der Waals surface area contributed by atoms with Crippen molar-refractivity contribution in [3.63, 3.8) is 0 Å². The van der Waals surface area contributed by atoms with Gasteiger partial charge in [-0.25, -0.2) is 0 Å². The monoisotopic (exact) mass is 286 g/mol. The SMILES string of the molecule is Nc1ccc(Cl)cc1CN1CCc2ccccc2CC1. The zero-order valence-corrected chi connectivity index (χ0v) is 12.2. The normalized spacial score (nSPS) is 15.7. The predicted octanol–water partition coefficient (Wildman–Crippen LogP) is 3.52. The van der Waals surface area contributed by atoms with Crippen molar-refractivity contribution >= 4 is 17.3 Å². The molecule has 2 aromatic carbocycles. The Morgan fingerprint density at radius 1 is 1.00 bits per heavy atom. The van der Waals surface area contributed by atoms with Crippen LogP contribution in [0.5, 0.6) is 0 Å². The van der Waals surface area contributed by atoms with Gasteiger partial charge in [-0.05, 0) is 47.7 Å². The van der Waals surface area contributed by atoms with E-state index in [4.69, 9.17) is 17.3 Å². The lowest BCUT2D eigenvalue weighted by Crippen LogP contribution is -2.26. The number of hydrogen-bond donors (Lipinski definition) is 1. The van der Waals surface area contributed by atoms with Crippen LogP contribution in [0.2, 0.25) is 5.02 Å². The van der Waals surface area contributed by atoms with E-state index in [9.17, 15) is 0 Å². The van der Waals surface area contributed by atoms with Gasteiger partial charge in [-0.15, -0.1) is 0 Å². The van der Waals surface area contributed by atoms with Gasteiger partial charge in [0.05, 0.1) is 0 Å². The van der Waals surface area contributed by atoms with Crippen molar-refractivity contribution in [3.8, 4) is 0 Å². The Kier molecular flexibility index (Phi) is 3.95. The number of benzene rings is 2. The number of fused-ring (bicyclic) bond motifs is 1. The van der Waals surface area contributed by atoms with E-state index in [0.29, 0.717) is 0 Å². The number of hydrogen-bond acceptors (Lipinski definition) is 2. The molecular formula is C17H19ClN2. The first-order valence-corrected chi connectivity index (χ1v) is 7.43. The van der Waals surface area contributed by atoms with Crippen molar-refractivity contribution in [1.29, 1.82) is 0 Å². The second-order valence-electron chi connectivity index (χ2n) is 5.39. The smallest absolute Gasteiger partial charge is 0.0410 e. The molecule has 2 aromatic rings. The molecule has 0 fully saturated rings. The summed E-state index contributed by atoms with van der Waals surface area (Å²) in [5.41, 5.74) is 11.0. The summed E-state index contributed by atoms with van der Waals surface area (Å²) in [6.07, 6.45) is 2.22. The summed E-state index contributed by atoms with van der Waals surface area (Å²) in [5, 5.41) is 0.757. The number of rotatable bonds is 2. The average Bonchev–Trinajstić information content (AvgIpc) is 2.66. The second-order valence-corrected chi connectivity index (χ2v) is 5.82. The molecule has 1 heterocycles. The molecule has 20 heavy (non-hydrogen) atoms. The van der Waals surface area contributed by atoms with Gasteiger partial charge in [0.25, 0.3) is 0 Å². The zero-order valence-electron chi connectivity index (χ0n) is 11.5. The number of anilines is 1. The molecule has 0 spiro atoms. The largest absolute Gasteiger partial charge is 0.398 e. The van der Waals surface area contributed by atoms with Crippen LogP contribution in [0.15, 0.2) is 42.5 Å². The van der Waals surface area contributed by atoms with Crippen molar-refractivity contribution in [3.05, 3.63) is 64.2 Å². The van der Waals surface area contributed by atoms with Crippen molar-refractivity contribution in [2.75, 3.05) is 18.8 Å². The Bertz CT molecular complexity index is 583. The lowest BCUT2D eigenvalue weighted by atomic mass is 10.0. The Morgan fingerprint density at radius 3 is 2.30 bits per heavy atom. The summed E-state index contributed by atoms with van der Waals surface area (Å²) in [5.74, 6) is 0. The summed E-state index contributed by atoms with van der Waals surface area (Å²) in [4.78, 5) is 2.46. The molecule has 2 N–H and O–H groups in total. The third-order valence-corrected chi connectivity index (χ3v) is 4.25. The standard InChI is InChI=1S/C17H19ClN2/c18-16-5-6-17(19)15(11-16)12-20-9-7-13-3-1-2-4-14(13)8-10-20/h1-6,11H,7-10,12,19H2. The van der Waals surface area contributed by atoms with Gasteiger partial charge in [0.1, 0.15) is 0 Å². The third kappa shape index (κ3) is 2.97. The van der Waals surface area contributed by atoms with Crippen LogP contribution in [0.3, 0.4) is 0 Å². The van der Waals surface area contributed by atoms with Gasteiger partial charge in [-0.3, -0.25) is 4.90 Å². The quantitative estimate of drug-likeness (QED) is 0.856. The van der Waals surface area contributed by atoms with E-state index in [2.05, 4.69) is 29.2 Å². The number of halogens is 1. The molecule has 3 rings (SSSR count). The van der Waals surface area contributed by atoms with Crippen LogP contribution in [0.4, 0.5) is 5.69 Å². The maximum absolute atomic E-state index is 6.07. The molecule has 0 bridgehead atoms. The van der Waals surface area contributed by atoms with Gasteiger partial charge in [-0.1, -0.05) is 35.9 Å². The minimum Gasteiger partial charge on any atom is -0.398 e. The minimum absolute atomic E-state index is 0.757. The maximum atomic E-state index is 6.07. The van der Waals surface area contributed by atoms with Crippen molar-refractivity contribution < 1.29 is 0 Å². The van der Waals surface area contributed by atoms with Crippen LogP contribution in [0, 0.1) is 0 Å². The van der Waals surface area contributed by atoms with Crippen LogP contribution < -0.4 is 5.73 Å². The van der Waals surface area contributed by atoms with Gasteiger partial charge >= 0.3 is 0 Å². The van der Waals surface area contributed by atoms with E-state index in [1.54, 1.807) is 0 Å². The molecule has 1 aliphatic rings. The lowest BCUT2D eigenvalue weighted by Gasteiger charge is -2.20. The summed E-state index contributed by atoms with van der Waals surface area (Å²) in [6.45, 7) is 3.02. The fourth-order valence-electron chi connectivity index (χ4n) is 2.82. The van der Waals surface area contributed by atoms with Gasteiger partial charge in [0, 0.05) is 30.3 Å². The van der Waals surface area contributed by atoms with E-state index >= 15 is 0 Å².